The third-order valence-corrected chi connectivity index (χ3v) is 3.71. The number of rotatable bonds is 9. The van der Waals surface area contributed by atoms with Gasteiger partial charge >= 0.3 is 0 Å². The van der Waals surface area contributed by atoms with Crippen molar-refractivity contribution in [3.8, 4) is 5.75 Å². The summed E-state index contributed by atoms with van der Waals surface area (Å²) in [6.45, 7) is 4.96. The summed E-state index contributed by atoms with van der Waals surface area (Å²) in [5.74, 6) is 0.524. The van der Waals surface area contributed by atoms with Crippen LogP contribution < -0.4 is 15.4 Å². The maximum Gasteiger partial charge on any atom is 0.246 e. The zero-order valence-corrected chi connectivity index (χ0v) is 15.0. The van der Waals surface area contributed by atoms with E-state index in [0.29, 0.717) is 24.7 Å². The average Bonchev–Trinajstić information content (AvgIpc) is 2.62. The van der Waals surface area contributed by atoms with E-state index in [1.807, 2.05) is 68.4 Å². The number of methoxy groups -OCH3 is 1. The van der Waals surface area contributed by atoms with E-state index in [2.05, 4.69) is 10.6 Å². The highest BCUT2D eigenvalue weighted by molar-refractivity contribution is 5.96. The predicted molar refractivity (Wildman–Crippen MR) is 99.9 cm³/mol. The third kappa shape index (κ3) is 5.59. The van der Waals surface area contributed by atoms with Crippen molar-refractivity contribution >= 4 is 11.6 Å². The highest BCUT2D eigenvalue weighted by atomic mass is 16.5. The van der Waals surface area contributed by atoms with Gasteiger partial charge in [-0.2, -0.15) is 0 Å². The smallest absolute Gasteiger partial charge is 0.246 e. The van der Waals surface area contributed by atoms with Crippen molar-refractivity contribution in [2.45, 2.75) is 25.9 Å². The molecule has 0 aliphatic carbocycles. The van der Waals surface area contributed by atoms with Gasteiger partial charge in [0.25, 0.3) is 0 Å². The molecular weight excluding hydrogens is 316 g/mol. The van der Waals surface area contributed by atoms with Crippen LogP contribution in [0.5, 0.6) is 5.75 Å². The van der Waals surface area contributed by atoms with Gasteiger partial charge in [0.1, 0.15) is 11.8 Å². The number of ether oxygens (including phenoxy) is 2. The monoisotopic (exact) mass is 342 g/mol. The quantitative estimate of drug-likeness (QED) is 0.733. The summed E-state index contributed by atoms with van der Waals surface area (Å²) >= 11 is 0. The molecule has 0 saturated carbocycles. The van der Waals surface area contributed by atoms with Gasteiger partial charge in [-0.05, 0) is 31.5 Å². The molecular formula is C20H26N2O3. The molecule has 0 aliphatic heterocycles. The molecule has 0 bridgehead atoms. The molecule has 0 radical (unpaired) electrons. The molecule has 1 amide bonds. The summed E-state index contributed by atoms with van der Waals surface area (Å²) in [5.41, 5.74) is 1.56. The van der Waals surface area contributed by atoms with Crippen LogP contribution >= 0.6 is 0 Å². The van der Waals surface area contributed by atoms with Gasteiger partial charge in [0.2, 0.25) is 5.91 Å². The number of hydrogen-bond acceptors (Lipinski definition) is 4. The van der Waals surface area contributed by atoms with E-state index in [0.717, 1.165) is 5.56 Å². The van der Waals surface area contributed by atoms with E-state index >= 15 is 0 Å². The molecule has 2 aromatic rings. The van der Waals surface area contributed by atoms with Crippen LogP contribution in [0.15, 0.2) is 54.6 Å². The molecule has 0 aliphatic rings. The van der Waals surface area contributed by atoms with Gasteiger partial charge in [0, 0.05) is 13.2 Å². The summed E-state index contributed by atoms with van der Waals surface area (Å²) in [7, 11) is 1.65. The van der Waals surface area contributed by atoms with Crippen molar-refractivity contribution in [2.75, 3.05) is 25.6 Å². The van der Waals surface area contributed by atoms with Crippen molar-refractivity contribution in [1.82, 2.24) is 5.32 Å². The Morgan fingerprint density at radius 1 is 1.08 bits per heavy atom. The molecule has 5 heteroatoms. The van der Waals surface area contributed by atoms with Gasteiger partial charge in [-0.3, -0.25) is 10.1 Å². The SMILES string of the molecule is CCOc1ccccc1NC(=O)[C@@H](N[C@@H](C)COC)c1ccccc1. The zero-order chi connectivity index (χ0) is 18.1. The van der Waals surface area contributed by atoms with Crippen molar-refractivity contribution in [1.29, 1.82) is 0 Å². The summed E-state index contributed by atoms with van der Waals surface area (Å²) in [6, 6.07) is 16.6. The molecule has 0 heterocycles. The first kappa shape index (κ1) is 19.0. The van der Waals surface area contributed by atoms with Crippen LogP contribution in [0.3, 0.4) is 0 Å². The molecule has 134 valence electrons. The van der Waals surface area contributed by atoms with Crippen LogP contribution in [-0.2, 0) is 9.53 Å². The molecule has 0 saturated heterocycles. The Labute approximate surface area is 149 Å². The van der Waals surface area contributed by atoms with E-state index in [4.69, 9.17) is 9.47 Å². The van der Waals surface area contributed by atoms with E-state index in [1.165, 1.54) is 0 Å². The number of para-hydroxylation sites is 2. The molecule has 0 aromatic heterocycles. The van der Waals surface area contributed by atoms with Gasteiger partial charge in [-0.15, -0.1) is 0 Å². The Balaban J connectivity index is 2.20. The molecule has 0 fully saturated rings. The lowest BCUT2D eigenvalue weighted by atomic mass is 10.0. The summed E-state index contributed by atoms with van der Waals surface area (Å²) in [4.78, 5) is 12.9. The first-order valence-corrected chi connectivity index (χ1v) is 8.48. The van der Waals surface area contributed by atoms with Crippen molar-refractivity contribution in [2.24, 2.45) is 0 Å². The van der Waals surface area contributed by atoms with Crippen molar-refractivity contribution < 1.29 is 14.3 Å². The van der Waals surface area contributed by atoms with Crippen molar-refractivity contribution in [3.63, 3.8) is 0 Å². The van der Waals surface area contributed by atoms with Gasteiger partial charge in [-0.25, -0.2) is 0 Å². The average molecular weight is 342 g/mol. The molecule has 25 heavy (non-hydrogen) atoms. The van der Waals surface area contributed by atoms with Gasteiger partial charge in [0.15, 0.2) is 0 Å². The Kier molecular flexibility index (Phi) is 7.44. The fraction of sp³-hybridized carbons (Fsp3) is 0.350. The van der Waals surface area contributed by atoms with Gasteiger partial charge in [-0.1, -0.05) is 42.5 Å². The number of benzene rings is 2. The largest absolute Gasteiger partial charge is 0.492 e. The first-order chi connectivity index (χ1) is 12.2. The second kappa shape index (κ2) is 9.81. The molecule has 2 aromatic carbocycles. The topological polar surface area (TPSA) is 59.6 Å². The second-order valence-electron chi connectivity index (χ2n) is 5.79. The zero-order valence-electron chi connectivity index (χ0n) is 15.0. The van der Waals surface area contributed by atoms with E-state index in [9.17, 15) is 4.79 Å². The lowest BCUT2D eigenvalue weighted by Crippen LogP contribution is -2.40. The van der Waals surface area contributed by atoms with E-state index < -0.39 is 6.04 Å². The first-order valence-electron chi connectivity index (χ1n) is 8.48. The summed E-state index contributed by atoms with van der Waals surface area (Å²) in [5, 5.41) is 6.30. The standard InChI is InChI=1S/C20H26N2O3/c1-4-25-18-13-9-8-12-17(18)22-20(23)19(21-15(2)14-24-3)16-10-6-5-7-11-16/h5-13,15,19,21H,4,14H2,1-3H3,(H,22,23)/t15-,19-/m0/s1. The van der Waals surface area contributed by atoms with Crippen molar-refractivity contribution in [3.05, 3.63) is 60.2 Å². The fourth-order valence-electron chi connectivity index (χ4n) is 2.61. The lowest BCUT2D eigenvalue weighted by molar-refractivity contribution is -0.118. The molecule has 0 spiro atoms. The molecule has 0 unspecified atom stereocenters. The highest BCUT2D eigenvalue weighted by Crippen LogP contribution is 2.25. The van der Waals surface area contributed by atoms with Gasteiger partial charge < -0.3 is 14.8 Å². The van der Waals surface area contributed by atoms with Crippen LogP contribution in [-0.4, -0.2) is 32.3 Å². The molecule has 5 nitrogen and oxygen atoms in total. The number of nitrogens with one attached hydrogen (secondary N) is 2. The fourth-order valence-corrected chi connectivity index (χ4v) is 2.61. The number of amides is 1. The molecule has 2 N–H and O–H groups in total. The number of carbonyl (C=O) groups is 1. The van der Waals surface area contributed by atoms with Crippen LogP contribution in [0.4, 0.5) is 5.69 Å². The van der Waals surface area contributed by atoms with Crippen LogP contribution in [0.1, 0.15) is 25.5 Å². The Bertz CT molecular complexity index is 661. The minimum absolute atomic E-state index is 0.0306. The van der Waals surface area contributed by atoms with Gasteiger partial charge in [0.05, 0.1) is 18.9 Å². The summed E-state index contributed by atoms with van der Waals surface area (Å²) < 4.78 is 10.8. The maximum absolute atomic E-state index is 12.9. The second-order valence-corrected chi connectivity index (χ2v) is 5.79. The minimum atomic E-state index is -0.485. The number of carbonyl (C=O) groups excluding carboxylic acids is 1. The lowest BCUT2D eigenvalue weighted by Gasteiger charge is -2.23. The highest BCUT2D eigenvalue weighted by Gasteiger charge is 2.23. The Morgan fingerprint density at radius 3 is 2.44 bits per heavy atom. The van der Waals surface area contributed by atoms with Crippen LogP contribution in [0, 0.1) is 0 Å². The van der Waals surface area contributed by atoms with Crippen LogP contribution in [0.25, 0.3) is 0 Å². The third-order valence-electron chi connectivity index (χ3n) is 3.71. The summed E-state index contributed by atoms with van der Waals surface area (Å²) in [6.07, 6.45) is 0. The Hall–Kier alpha value is -2.37. The normalized spacial score (nSPS) is 13.1. The minimum Gasteiger partial charge on any atom is -0.492 e. The van der Waals surface area contributed by atoms with E-state index in [-0.39, 0.29) is 11.9 Å². The molecule has 2 rings (SSSR count). The predicted octanol–water partition coefficient (Wildman–Crippen LogP) is 3.39. The molecule has 2 atom stereocenters. The van der Waals surface area contributed by atoms with E-state index in [1.54, 1.807) is 7.11 Å². The maximum atomic E-state index is 12.9. The Morgan fingerprint density at radius 2 is 1.76 bits per heavy atom. The number of anilines is 1. The number of hydrogen-bond donors (Lipinski definition) is 2. The van der Waals surface area contributed by atoms with Crippen LogP contribution in [0.2, 0.25) is 0 Å².